The molecule has 0 amide bonds. The predicted octanol–water partition coefficient (Wildman–Crippen LogP) is 4.44. The Bertz CT molecular complexity index is 516. The van der Waals surface area contributed by atoms with Crippen LogP contribution in [0.1, 0.15) is 14.5 Å². The fraction of sp³-hybridized carbons (Fsp3) is 0. The third-order valence-electron chi connectivity index (χ3n) is 1.53. The summed E-state index contributed by atoms with van der Waals surface area (Å²) in [6.07, 6.45) is 0. The van der Waals surface area contributed by atoms with Crippen molar-refractivity contribution in [1.29, 1.82) is 0 Å². The van der Waals surface area contributed by atoms with Crippen LogP contribution in [0.25, 0.3) is 0 Å². The van der Waals surface area contributed by atoms with Crippen LogP contribution in [0.5, 0.6) is 0 Å². The molecule has 0 bridgehead atoms. The first-order chi connectivity index (χ1) is 7.49. The summed E-state index contributed by atoms with van der Waals surface area (Å²) in [7, 11) is 0. The van der Waals surface area contributed by atoms with Crippen molar-refractivity contribution in [1.82, 2.24) is 9.97 Å². The molecule has 0 aliphatic rings. The first kappa shape index (κ1) is 12.5. The molecule has 3 nitrogen and oxygen atoms in total. The average molecular weight is 334 g/mol. The monoisotopic (exact) mass is 332 g/mol. The molecular weight excluding hydrogens is 334 g/mol. The molecule has 0 aliphatic carbocycles. The third kappa shape index (κ3) is 2.34. The highest BCUT2D eigenvalue weighted by Crippen LogP contribution is 2.34. The highest BCUT2D eigenvalue weighted by Gasteiger charge is 2.23. The lowest BCUT2D eigenvalue weighted by molar-refractivity contribution is 0.104. The number of rotatable bonds is 2. The highest BCUT2D eigenvalue weighted by molar-refractivity contribution is 7.21. The van der Waals surface area contributed by atoms with Crippen LogP contribution in [-0.2, 0) is 0 Å². The van der Waals surface area contributed by atoms with Crippen LogP contribution >= 0.6 is 69.1 Å². The number of aromatic nitrogens is 2. The minimum Gasteiger partial charge on any atom is -0.287 e. The second-order valence-corrected chi connectivity index (χ2v) is 6.38. The Labute approximate surface area is 118 Å². The maximum absolute atomic E-state index is 12.0. The molecule has 84 valence electrons. The van der Waals surface area contributed by atoms with Gasteiger partial charge in [0.05, 0.1) is 0 Å². The first-order valence-corrected chi connectivity index (χ1v) is 6.82. The lowest BCUT2D eigenvalue weighted by Gasteiger charge is -1.92. The smallest absolute Gasteiger partial charge is 0.219 e. The Morgan fingerprint density at radius 1 is 0.875 bits per heavy atom. The Morgan fingerprint density at radius 2 is 1.25 bits per heavy atom. The third-order valence-corrected chi connectivity index (χ3v) is 4.62. The van der Waals surface area contributed by atoms with Gasteiger partial charge in [-0.2, -0.15) is 0 Å². The average Bonchev–Trinajstić information content (AvgIpc) is 2.68. The maximum atomic E-state index is 12.0. The minimum absolute atomic E-state index is 0.0561. The fourth-order valence-electron chi connectivity index (χ4n) is 0.937. The quantitative estimate of drug-likeness (QED) is 0.763. The summed E-state index contributed by atoms with van der Waals surface area (Å²) < 4.78 is 0.389. The van der Waals surface area contributed by atoms with E-state index in [-0.39, 0.29) is 34.8 Å². The van der Waals surface area contributed by atoms with Crippen molar-refractivity contribution in [2.75, 3.05) is 0 Å². The van der Waals surface area contributed by atoms with E-state index in [0.717, 1.165) is 22.7 Å². The molecule has 0 N–H and O–H groups in total. The second kappa shape index (κ2) is 4.76. The highest BCUT2D eigenvalue weighted by atomic mass is 35.5. The van der Waals surface area contributed by atoms with E-state index in [1.807, 2.05) is 0 Å². The zero-order valence-corrected chi connectivity index (χ0v) is 11.8. The van der Waals surface area contributed by atoms with Gasteiger partial charge in [0.1, 0.15) is 9.75 Å². The van der Waals surface area contributed by atoms with E-state index in [4.69, 9.17) is 46.4 Å². The predicted molar refractivity (Wildman–Crippen MR) is 67.7 cm³/mol. The van der Waals surface area contributed by atoms with Crippen molar-refractivity contribution in [2.24, 2.45) is 0 Å². The zero-order valence-electron chi connectivity index (χ0n) is 7.13. The molecule has 2 aromatic rings. The number of ketones is 1. The Kier molecular flexibility index (Phi) is 3.73. The van der Waals surface area contributed by atoms with Gasteiger partial charge in [-0.25, -0.2) is 9.97 Å². The van der Waals surface area contributed by atoms with Crippen LogP contribution in [0.3, 0.4) is 0 Å². The largest absolute Gasteiger partial charge is 0.287 e. The molecule has 2 aromatic heterocycles. The number of hydrogen-bond donors (Lipinski definition) is 0. The number of carbonyl (C=O) groups excluding carboxylic acids is 1. The topological polar surface area (TPSA) is 42.9 Å². The van der Waals surface area contributed by atoms with E-state index >= 15 is 0 Å². The molecule has 0 unspecified atom stereocenters. The van der Waals surface area contributed by atoms with Gasteiger partial charge >= 0.3 is 0 Å². The lowest BCUT2D eigenvalue weighted by Crippen LogP contribution is -1.97. The number of halogens is 4. The minimum atomic E-state index is -0.371. The van der Waals surface area contributed by atoms with Gasteiger partial charge in [0.15, 0.2) is 19.2 Å². The van der Waals surface area contributed by atoms with Crippen LogP contribution in [0.4, 0.5) is 0 Å². The van der Waals surface area contributed by atoms with Gasteiger partial charge in [-0.05, 0) is 0 Å². The zero-order chi connectivity index (χ0) is 11.9. The van der Waals surface area contributed by atoms with Crippen molar-refractivity contribution in [3.63, 3.8) is 0 Å². The molecule has 2 heterocycles. The van der Waals surface area contributed by atoms with E-state index in [1.54, 1.807) is 0 Å². The van der Waals surface area contributed by atoms with E-state index in [2.05, 4.69) is 9.97 Å². The number of thiazole rings is 2. The summed E-state index contributed by atoms with van der Waals surface area (Å²) in [6.45, 7) is 0. The van der Waals surface area contributed by atoms with Crippen LogP contribution in [0, 0.1) is 0 Å². The first-order valence-electron chi connectivity index (χ1n) is 3.67. The molecule has 0 atom stereocenters. The molecular formula is C7Cl4N2OS2. The fourth-order valence-corrected chi connectivity index (χ4v) is 3.65. The summed E-state index contributed by atoms with van der Waals surface area (Å²) in [5.74, 6) is -0.371. The van der Waals surface area contributed by atoms with Crippen molar-refractivity contribution < 1.29 is 4.79 Å². The summed E-state index contributed by atoms with van der Waals surface area (Å²) in [4.78, 5) is 19.9. The molecule has 2 rings (SSSR count). The summed E-state index contributed by atoms with van der Waals surface area (Å²) >= 11 is 24.8. The number of hydrogen-bond acceptors (Lipinski definition) is 5. The van der Waals surface area contributed by atoms with Gasteiger partial charge in [-0.3, -0.25) is 4.79 Å². The summed E-state index contributed by atoms with van der Waals surface area (Å²) in [6, 6.07) is 0. The number of carbonyl (C=O) groups is 1. The molecule has 0 saturated heterocycles. The van der Waals surface area contributed by atoms with Gasteiger partial charge < -0.3 is 0 Å². The van der Waals surface area contributed by atoms with Crippen LogP contribution < -0.4 is 0 Å². The van der Waals surface area contributed by atoms with Crippen LogP contribution in [0.2, 0.25) is 19.2 Å². The van der Waals surface area contributed by atoms with Crippen molar-refractivity contribution in [3.8, 4) is 0 Å². The number of nitrogens with zero attached hydrogens (tertiary/aromatic N) is 2. The van der Waals surface area contributed by atoms with Gasteiger partial charge in [-0.15, -0.1) is 0 Å². The standard InChI is InChI=1S/C7Cl4N2OS2/c8-4-2(15-6(10)12-4)1(14)3-5(9)13-7(11)16-3. The molecule has 0 fully saturated rings. The SMILES string of the molecule is O=C(c1sc(Cl)nc1Cl)c1sc(Cl)nc1Cl. The molecule has 16 heavy (non-hydrogen) atoms. The Balaban J connectivity index is 2.46. The summed E-state index contributed by atoms with van der Waals surface area (Å²) in [5, 5.41) is 0.112. The van der Waals surface area contributed by atoms with Crippen molar-refractivity contribution in [3.05, 3.63) is 29.0 Å². The van der Waals surface area contributed by atoms with E-state index in [1.165, 1.54) is 0 Å². The molecule has 9 heteroatoms. The van der Waals surface area contributed by atoms with Crippen LogP contribution in [0.15, 0.2) is 0 Å². The van der Waals surface area contributed by atoms with Gasteiger partial charge in [0.2, 0.25) is 5.78 Å². The molecule has 0 aromatic carbocycles. The van der Waals surface area contributed by atoms with E-state index in [9.17, 15) is 4.79 Å². The van der Waals surface area contributed by atoms with Gasteiger partial charge in [0, 0.05) is 0 Å². The van der Waals surface area contributed by atoms with E-state index < -0.39 is 0 Å². The summed E-state index contributed by atoms with van der Waals surface area (Å²) in [5.41, 5.74) is 0. The second-order valence-electron chi connectivity index (χ2n) is 2.50. The molecule has 0 saturated carbocycles. The van der Waals surface area contributed by atoms with Crippen molar-refractivity contribution in [2.45, 2.75) is 0 Å². The van der Waals surface area contributed by atoms with Gasteiger partial charge in [0.25, 0.3) is 0 Å². The molecule has 0 aliphatic heterocycles. The Morgan fingerprint density at radius 3 is 1.50 bits per heavy atom. The van der Waals surface area contributed by atoms with Crippen LogP contribution in [-0.4, -0.2) is 15.8 Å². The maximum Gasteiger partial charge on any atom is 0.219 e. The van der Waals surface area contributed by atoms with E-state index in [0.29, 0.717) is 0 Å². The molecule has 0 radical (unpaired) electrons. The molecule has 0 spiro atoms. The lowest BCUT2D eigenvalue weighted by atomic mass is 10.3. The van der Waals surface area contributed by atoms with Gasteiger partial charge in [-0.1, -0.05) is 69.1 Å². The normalized spacial score (nSPS) is 10.8. The van der Waals surface area contributed by atoms with Crippen molar-refractivity contribution >= 4 is 74.9 Å². The Hall–Kier alpha value is 0.0900.